The zero-order valence-corrected chi connectivity index (χ0v) is 10.9. The quantitative estimate of drug-likeness (QED) is 0.851. The number of benzene rings is 1. The van der Waals surface area contributed by atoms with Gasteiger partial charge in [0.05, 0.1) is 19.5 Å². The van der Waals surface area contributed by atoms with Crippen LogP contribution in [-0.4, -0.2) is 29.0 Å². The van der Waals surface area contributed by atoms with E-state index < -0.39 is 23.3 Å². The number of hydrogen-bond acceptors (Lipinski definition) is 6. The number of hydrogen-bond donors (Lipinski definition) is 1. The number of amides is 1. The molecule has 0 saturated heterocycles. The summed E-state index contributed by atoms with van der Waals surface area (Å²) in [7, 11) is 1.21. The number of carbonyl (C=O) groups is 2. The number of nitrogens with zero attached hydrogens (tertiary/aromatic N) is 2. The zero-order valence-electron chi connectivity index (χ0n) is 10.9. The Bertz CT molecular complexity index is 688. The van der Waals surface area contributed by atoms with E-state index in [1.54, 1.807) is 0 Å². The van der Waals surface area contributed by atoms with E-state index in [9.17, 15) is 14.0 Å². The van der Waals surface area contributed by atoms with Crippen molar-refractivity contribution in [3.63, 3.8) is 0 Å². The van der Waals surface area contributed by atoms with Crippen LogP contribution >= 0.6 is 0 Å². The van der Waals surface area contributed by atoms with Crippen molar-refractivity contribution in [1.82, 2.24) is 9.97 Å². The van der Waals surface area contributed by atoms with Gasteiger partial charge in [-0.15, -0.1) is 0 Å². The summed E-state index contributed by atoms with van der Waals surface area (Å²) in [5.41, 5.74) is 4.69. The molecule has 108 valence electrons. The molecule has 0 spiro atoms. The summed E-state index contributed by atoms with van der Waals surface area (Å²) in [6.07, 6.45) is 2.27. The number of primary amides is 1. The van der Waals surface area contributed by atoms with Gasteiger partial charge in [-0.1, -0.05) is 6.07 Å². The number of halogens is 1. The first-order valence-electron chi connectivity index (χ1n) is 5.69. The molecule has 0 aliphatic heterocycles. The third-order valence-corrected chi connectivity index (χ3v) is 2.46. The topological polar surface area (TPSA) is 104 Å². The molecule has 21 heavy (non-hydrogen) atoms. The maximum absolute atomic E-state index is 13.5. The number of carbonyl (C=O) groups excluding carboxylic acids is 2. The van der Waals surface area contributed by atoms with Crippen molar-refractivity contribution in [2.24, 2.45) is 5.73 Å². The average Bonchev–Trinajstić information content (AvgIpc) is 2.47. The van der Waals surface area contributed by atoms with Crippen molar-refractivity contribution in [3.05, 3.63) is 47.7 Å². The van der Waals surface area contributed by atoms with Gasteiger partial charge in [-0.2, -0.15) is 0 Å². The summed E-state index contributed by atoms with van der Waals surface area (Å²) >= 11 is 0. The van der Waals surface area contributed by atoms with Crippen molar-refractivity contribution in [2.75, 3.05) is 7.11 Å². The monoisotopic (exact) mass is 291 g/mol. The fraction of sp³-hybridized carbons (Fsp3) is 0.0769. The van der Waals surface area contributed by atoms with Gasteiger partial charge in [0, 0.05) is 0 Å². The van der Waals surface area contributed by atoms with Crippen LogP contribution in [-0.2, 0) is 4.74 Å². The molecule has 0 fully saturated rings. The predicted octanol–water partition coefficient (Wildman–Crippen LogP) is 1.29. The van der Waals surface area contributed by atoms with Crippen LogP contribution in [0, 0.1) is 5.82 Å². The molecule has 0 unspecified atom stereocenters. The summed E-state index contributed by atoms with van der Waals surface area (Å²) in [6.45, 7) is 0. The molecule has 1 aromatic carbocycles. The molecule has 0 saturated carbocycles. The number of rotatable bonds is 4. The van der Waals surface area contributed by atoms with E-state index in [-0.39, 0.29) is 17.3 Å². The highest BCUT2D eigenvalue weighted by molar-refractivity contribution is 5.96. The minimum Gasteiger partial charge on any atom is -0.464 e. The standard InChI is InChI=1S/C13H10FN3O4/c1-20-13(19)8-5-17-10(6-16-8)21-9-4-2-3-7(14)11(9)12(15)18/h2-6H,1H3,(H2,15,18). The highest BCUT2D eigenvalue weighted by atomic mass is 19.1. The molecule has 2 N–H and O–H groups in total. The minimum absolute atomic E-state index is 0.0146. The van der Waals surface area contributed by atoms with Crippen LogP contribution in [0.2, 0.25) is 0 Å². The summed E-state index contributed by atoms with van der Waals surface area (Å²) in [5.74, 6) is -2.56. The van der Waals surface area contributed by atoms with Crippen LogP contribution < -0.4 is 10.5 Å². The van der Waals surface area contributed by atoms with E-state index in [1.807, 2.05) is 0 Å². The summed E-state index contributed by atoms with van der Waals surface area (Å²) in [5, 5.41) is 0. The normalized spacial score (nSPS) is 10.0. The van der Waals surface area contributed by atoms with Crippen molar-refractivity contribution in [2.45, 2.75) is 0 Å². The molecule has 1 heterocycles. The number of nitrogens with two attached hydrogens (primary N) is 1. The first-order valence-corrected chi connectivity index (χ1v) is 5.69. The van der Waals surface area contributed by atoms with Gasteiger partial charge >= 0.3 is 5.97 Å². The van der Waals surface area contributed by atoms with Gasteiger partial charge in [0.2, 0.25) is 5.88 Å². The molecule has 1 amide bonds. The first kappa shape index (κ1) is 14.4. The van der Waals surface area contributed by atoms with Crippen molar-refractivity contribution in [3.8, 4) is 11.6 Å². The third kappa shape index (κ3) is 3.11. The Kier molecular flexibility index (Phi) is 4.07. The molecule has 7 nitrogen and oxygen atoms in total. The van der Waals surface area contributed by atoms with Crippen LogP contribution in [0.5, 0.6) is 11.6 Å². The molecule has 1 aromatic heterocycles. The Morgan fingerprint density at radius 1 is 1.24 bits per heavy atom. The Morgan fingerprint density at radius 2 is 2.00 bits per heavy atom. The number of aromatic nitrogens is 2. The number of ether oxygens (including phenoxy) is 2. The van der Waals surface area contributed by atoms with Gasteiger partial charge < -0.3 is 15.2 Å². The van der Waals surface area contributed by atoms with E-state index >= 15 is 0 Å². The van der Waals surface area contributed by atoms with E-state index in [0.29, 0.717) is 0 Å². The SMILES string of the molecule is COC(=O)c1cnc(Oc2cccc(F)c2C(N)=O)cn1. The van der Waals surface area contributed by atoms with Gasteiger partial charge in [-0.3, -0.25) is 4.79 Å². The molecule has 0 atom stereocenters. The molecular weight excluding hydrogens is 281 g/mol. The first-order chi connectivity index (χ1) is 10.0. The molecule has 0 bridgehead atoms. The second-order valence-electron chi connectivity index (χ2n) is 3.81. The summed E-state index contributed by atoms with van der Waals surface area (Å²) < 4.78 is 23.3. The van der Waals surface area contributed by atoms with Crippen LogP contribution in [0.4, 0.5) is 4.39 Å². The number of esters is 1. The smallest absolute Gasteiger partial charge is 0.358 e. The van der Waals surface area contributed by atoms with Crippen LogP contribution in [0.3, 0.4) is 0 Å². The van der Waals surface area contributed by atoms with E-state index in [0.717, 1.165) is 18.5 Å². The van der Waals surface area contributed by atoms with Crippen LogP contribution in [0.15, 0.2) is 30.6 Å². The van der Waals surface area contributed by atoms with E-state index in [2.05, 4.69) is 14.7 Å². The second-order valence-corrected chi connectivity index (χ2v) is 3.81. The zero-order chi connectivity index (χ0) is 15.4. The van der Waals surface area contributed by atoms with Crippen LogP contribution in [0.25, 0.3) is 0 Å². The lowest BCUT2D eigenvalue weighted by Crippen LogP contribution is -2.14. The largest absolute Gasteiger partial charge is 0.464 e. The maximum Gasteiger partial charge on any atom is 0.358 e. The van der Waals surface area contributed by atoms with Gasteiger partial charge in [-0.25, -0.2) is 19.2 Å². The maximum atomic E-state index is 13.5. The van der Waals surface area contributed by atoms with Crippen molar-refractivity contribution < 1.29 is 23.5 Å². The number of methoxy groups -OCH3 is 1. The van der Waals surface area contributed by atoms with E-state index in [4.69, 9.17) is 10.5 Å². The molecule has 8 heteroatoms. The van der Waals surface area contributed by atoms with Gasteiger partial charge in [0.1, 0.15) is 17.1 Å². The van der Waals surface area contributed by atoms with Crippen molar-refractivity contribution >= 4 is 11.9 Å². The molecule has 0 aliphatic rings. The van der Waals surface area contributed by atoms with Crippen LogP contribution in [0.1, 0.15) is 20.8 Å². The average molecular weight is 291 g/mol. The highest BCUT2D eigenvalue weighted by Crippen LogP contribution is 2.25. The molecule has 2 aromatic rings. The minimum atomic E-state index is -0.970. The van der Waals surface area contributed by atoms with Gasteiger partial charge in [0.25, 0.3) is 5.91 Å². The second kappa shape index (κ2) is 5.95. The summed E-state index contributed by atoms with van der Waals surface area (Å²) in [6, 6.07) is 3.80. The molecule has 0 radical (unpaired) electrons. The third-order valence-electron chi connectivity index (χ3n) is 2.46. The fourth-order valence-electron chi connectivity index (χ4n) is 1.52. The summed E-state index contributed by atoms with van der Waals surface area (Å²) in [4.78, 5) is 30.0. The molecule has 2 rings (SSSR count). The highest BCUT2D eigenvalue weighted by Gasteiger charge is 2.16. The lowest BCUT2D eigenvalue weighted by molar-refractivity contribution is 0.0593. The van der Waals surface area contributed by atoms with E-state index in [1.165, 1.54) is 19.2 Å². The predicted molar refractivity (Wildman–Crippen MR) is 68.4 cm³/mol. The lowest BCUT2D eigenvalue weighted by atomic mass is 10.2. The van der Waals surface area contributed by atoms with Gasteiger partial charge in [0.15, 0.2) is 5.69 Å². The Morgan fingerprint density at radius 3 is 2.57 bits per heavy atom. The Balaban J connectivity index is 2.29. The molecular formula is C13H10FN3O4. The Hall–Kier alpha value is -3.03. The van der Waals surface area contributed by atoms with Gasteiger partial charge in [-0.05, 0) is 12.1 Å². The molecule has 0 aliphatic carbocycles. The van der Waals surface area contributed by atoms with Crippen molar-refractivity contribution in [1.29, 1.82) is 0 Å². The lowest BCUT2D eigenvalue weighted by Gasteiger charge is -2.08. The fourth-order valence-corrected chi connectivity index (χ4v) is 1.52. The Labute approximate surface area is 118 Å².